The van der Waals surface area contributed by atoms with E-state index in [-0.39, 0.29) is 4.90 Å². The maximum Gasteiger partial charge on any atom is 0.175 e. The molecule has 4 rings (SSSR count). The van der Waals surface area contributed by atoms with Crippen LogP contribution < -0.4 is 9.47 Å². The fourth-order valence-corrected chi connectivity index (χ4v) is 3.72. The van der Waals surface area contributed by atoms with Crippen LogP contribution in [0.4, 0.5) is 0 Å². The summed E-state index contributed by atoms with van der Waals surface area (Å²) in [6.45, 7) is 0. The van der Waals surface area contributed by atoms with Crippen LogP contribution in [0.2, 0.25) is 0 Å². The molecule has 0 atom stereocenters. The second kappa shape index (κ2) is 7.21. The van der Waals surface area contributed by atoms with E-state index in [1.165, 1.54) is 6.26 Å². The third kappa shape index (κ3) is 3.54. The van der Waals surface area contributed by atoms with Crippen LogP contribution >= 0.6 is 0 Å². The lowest BCUT2D eigenvalue weighted by molar-refractivity contribution is 0.355. The van der Waals surface area contributed by atoms with Crippen molar-refractivity contribution in [3.63, 3.8) is 0 Å². The van der Waals surface area contributed by atoms with E-state index in [9.17, 15) is 8.42 Å². The van der Waals surface area contributed by atoms with Gasteiger partial charge in [-0.05, 0) is 42.5 Å². The Morgan fingerprint density at radius 1 is 0.862 bits per heavy atom. The number of ether oxygens (including phenoxy) is 2. The SMILES string of the molecule is COc1ccc(-c2ccc3ncc(-c4ccc(S(C)(=O)=O)cc4)n3n2)cc1OC. The van der Waals surface area contributed by atoms with Crippen molar-refractivity contribution < 1.29 is 17.9 Å². The van der Waals surface area contributed by atoms with Crippen LogP contribution in [0.25, 0.3) is 28.2 Å². The van der Waals surface area contributed by atoms with Gasteiger partial charge in [0, 0.05) is 17.4 Å². The second-order valence-corrected chi connectivity index (χ2v) is 8.51. The number of methoxy groups -OCH3 is 2. The van der Waals surface area contributed by atoms with Crippen molar-refractivity contribution in [1.29, 1.82) is 0 Å². The molecule has 0 aliphatic carbocycles. The van der Waals surface area contributed by atoms with Crippen molar-refractivity contribution in [2.75, 3.05) is 20.5 Å². The highest BCUT2D eigenvalue weighted by Crippen LogP contribution is 2.32. The van der Waals surface area contributed by atoms with E-state index in [2.05, 4.69) is 4.98 Å². The number of nitrogens with zero attached hydrogens (tertiary/aromatic N) is 3. The van der Waals surface area contributed by atoms with Gasteiger partial charge in [-0.3, -0.25) is 0 Å². The van der Waals surface area contributed by atoms with Gasteiger partial charge >= 0.3 is 0 Å². The van der Waals surface area contributed by atoms with Crippen LogP contribution in [0.5, 0.6) is 11.5 Å². The van der Waals surface area contributed by atoms with E-state index in [0.29, 0.717) is 17.1 Å². The van der Waals surface area contributed by atoms with E-state index in [4.69, 9.17) is 14.6 Å². The summed E-state index contributed by atoms with van der Waals surface area (Å²) in [6.07, 6.45) is 2.91. The molecule has 0 aliphatic rings. The summed E-state index contributed by atoms with van der Waals surface area (Å²) in [6, 6.07) is 16.1. The number of hydrogen-bond donors (Lipinski definition) is 0. The summed E-state index contributed by atoms with van der Waals surface area (Å²) in [7, 11) is -0.0646. The highest BCUT2D eigenvalue weighted by Gasteiger charge is 2.13. The number of aromatic nitrogens is 3. The molecule has 0 aliphatic heterocycles. The fourth-order valence-electron chi connectivity index (χ4n) is 3.09. The molecule has 0 saturated carbocycles. The van der Waals surface area contributed by atoms with Gasteiger partial charge in [0.15, 0.2) is 27.0 Å². The topological polar surface area (TPSA) is 82.8 Å². The second-order valence-electron chi connectivity index (χ2n) is 6.50. The van der Waals surface area contributed by atoms with E-state index in [1.807, 2.05) is 30.3 Å². The number of fused-ring (bicyclic) bond motifs is 1. The molecule has 0 spiro atoms. The first-order chi connectivity index (χ1) is 13.9. The molecule has 0 N–H and O–H groups in total. The number of hydrogen-bond acceptors (Lipinski definition) is 6. The van der Waals surface area contributed by atoms with Crippen LogP contribution in [-0.2, 0) is 9.84 Å². The Bertz CT molecular complexity index is 1300. The van der Waals surface area contributed by atoms with E-state index in [1.54, 1.807) is 49.2 Å². The summed E-state index contributed by atoms with van der Waals surface area (Å²) < 4.78 is 35.8. The largest absolute Gasteiger partial charge is 0.493 e. The molecule has 0 fully saturated rings. The Morgan fingerprint density at radius 3 is 2.21 bits per heavy atom. The Labute approximate surface area is 168 Å². The quantitative estimate of drug-likeness (QED) is 0.502. The van der Waals surface area contributed by atoms with Crippen molar-refractivity contribution >= 4 is 15.5 Å². The van der Waals surface area contributed by atoms with Gasteiger partial charge in [-0.25, -0.2) is 17.9 Å². The standard InChI is InChI=1S/C21H19N3O4S/c1-27-19-10-6-15(12-20(19)28-2)17-9-11-21-22-13-18(24(21)23-17)14-4-7-16(8-5-14)29(3,25)26/h4-13H,1-3H3. The van der Waals surface area contributed by atoms with Gasteiger partial charge in [-0.2, -0.15) is 5.10 Å². The molecule has 148 valence electrons. The Kier molecular flexibility index (Phi) is 4.71. The van der Waals surface area contributed by atoms with Gasteiger partial charge in [0.1, 0.15) is 0 Å². The van der Waals surface area contributed by atoms with Gasteiger partial charge in [-0.1, -0.05) is 12.1 Å². The zero-order chi connectivity index (χ0) is 20.6. The Morgan fingerprint density at radius 2 is 1.55 bits per heavy atom. The molecule has 8 heteroatoms. The lowest BCUT2D eigenvalue weighted by atomic mass is 10.1. The molecule has 0 unspecified atom stereocenters. The number of sulfone groups is 1. The van der Waals surface area contributed by atoms with E-state index < -0.39 is 9.84 Å². The predicted octanol–water partition coefficient (Wildman–Crippen LogP) is 3.48. The summed E-state index contributed by atoms with van der Waals surface area (Å²) in [4.78, 5) is 4.67. The minimum Gasteiger partial charge on any atom is -0.493 e. The molecule has 2 aromatic heterocycles. The summed E-state index contributed by atoms with van der Waals surface area (Å²) in [5.74, 6) is 1.26. The van der Waals surface area contributed by atoms with Gasteiger partial charge in [-0.15, -0.1) is 0 Å². The highest BCUT2D eigenvalue weighted by molar-refractivity contribution is 7.90. The van der Waals surface area contributed by atoms with Crippen molar-refractivity contribution in [2.45, 2.75) is 4.90 Å². The van der Waals surface area contributed by atoms with Crippen molar-refractivity contribution in [2.24, 2.45) is 0 Å². The molecule has 0 amide bonds. The van der Waals surface area contributed by atoms with E-state index >= 15 is 0 Å². The molecular weight excluding hydrogens is 390 g/mol. The Balaban J connectivity index is 1.79. The van der Waals surface area contributed by atoms with Crippen LogP contribution in [0.15, 0.2) is 65.7 Å². The monoisotopic (exact) mass is 409 g/mol. The molecule has 4 aromatic rings. The van der Waals surface area contributed by atoms with Crippen molar-refractivity contribution in [3.05, 3.63) is 60.8 Å². The first-order valence-electron chi connectivity index (χ1n) is 8.78. The highest BCUT2D eigenvalue weighted by atomic mass is 32.2. The lowest BCUT2D eigenvalue weighted by Crippen LogP contribution is -1.99. The maximum atomic E-state index is 11.7. The predicted molar refractivity (Wildman–Crippen MR) is 110 cm³/mol. The molecular formula is C21H19N3O4S. The third-order valence-corrected chi connectivity index (χ3v) is 5.75. The van der Waals surface area contributed by atoms with Gasteiger partial charge < -0.3 is 9.47 Å². The number of rotatable bonds is 5. The van der Waals surface area contributed by atoms with Crippen LogP contribution in [0.3, 0.4) is 0 Å². The molecule has 0 saturated heterocycles. The van der Waals surface area contributed by atoms with Crippen molar-refractivity contribution in [3.8, 4) is 34.0 Å². The molecule has 2 heterocycles. The minimum atomic E-state index is -3.25. The van der Waals surface area contributed by atoms with Crippen LogP contribution in [0, 0.1) is 0 Å². The smallest absolute Gasteiger partial charge is 0.175 e. The molecule has 2 aromatic carbocycles. The third-order valence-electron chi connectivity index (χ3n) is 4.62. The number of imidazole rings is 1. The zero-order valence-electron chi connectivity index (χ0n) is 16.2. The summed E-state index contributed by atoms with van der Waals surface area (Å²) in [5.41, 5.74) is 3.89. The first kappa shape index (κ1) is 18.9. The first-order valence-corrected chi connectivity index (χ1v) is 10.7. The maximum absolute atomic E-state index is 11.7. The van der Waals surface area contributed by atoms with E-state index in [0.717, 1.165) is 22.5 Å². The minimum absolute atomic E-state index is 0.272. The average molecular weight is 409 g/mol. The molecule has 29 heavy (non-hydrogen) atoms. The van der Waals surface area contributed by atoms with Crippen LogP contribution in [-0.4, -0.2) is 43.5 Å². The summed E-state index contributed by atoms with van der Waals surface area (Å²) >= 11 is 0. The number of benzene rings is 2. The molecule has 0 bridgehead atoms. The fraction of sp³-hybridized carbons (Fsp3) is 0.143. The summed E-state index contributed by atoms with van der Waals surface area (Å²) in [5, 5.41) is 4.72. The average Bonchev–Trinajstić information content (AvgIpc) is 3.16. The molecule has 7 nitrogen and oxygen atoms in total. The normalized spacial score (nSPS) is 11.6. The van der Waals surface area contributed by atoms with Gasteiger partial charge in [0.05, 0.1) is 36.7 Å². The van der Waals surface area contributed by atoms with Gasteiger partial charge in [0.2, 0.25) is 0 Å². The Hall–Kier alpha value is -3.39. The van der Waals surface area contributed by atoms with Crippen molar-refractivity contribution in [1.82, 2.24) is 14.6 Å². The zero-order valence-corrected chi connectivity index (χ0v) is 17.0. The lowest BCUT2D eigenvalue weighted by Gasteiger charge is -2.10. The van der Waals surface area contributed by atoms with Crippen LogP contribution in [0.1, 0.15) is 0 Å². The van der Waals surface area contributed by atoms with Gasteiger partial charge in [0.25, 0.3) is 0 Å². The molecule has 0 radical (unpaired) electrons.